The molecule has 1 aromatic heterocycles. The summed E-state index contributed by atoms with van der Waals surface area (Å²) in [5.74, 6) is -1.28. The van der Waals surface area contributed by atoms with E-state index in [9.17, 15) is 14.0 Å². The standard InChI is InChI=1S/C16H16FNO4/c1-9-2-3-10-6-11(17)7-12-14(10)18(9)8-13(15(12)20)16(21)22-5-4-19/h6-9,19H,2-5H2,1H3. The van der Waals surface area contributed by atoms with Crippen LogP contribution in [0, 0.1) is 5.82 Å². The van der Waals surface area contributed by atoms with E-state index in [4.69, 9.17) is 9.84 Å². The third-order valence-corrected chi connectivity index (χ3v) is 4.02. The van der Waals surface area contributed by atoms with Gasteiger partial charge in [-0.1, -0.05) is 0 Å². The van der Waals surface area contributed by atoms with Gasteiger partial charge in [-0.2, -0.15) is 0 Å². The van der Waals surface area contributed by atoms with Crippen molar-refractivity contribution in [2.45, 2.75) is 25.8 Å². The Labute approximate surface area is 125 Å². The number of pyridine rings is 1. The van der Waals surface area contributed by atoms with Gasteiger partial charge in [-0.3, -0.25) is 4.79 Å². The third-order valence-electron chi connectivity index (χ3n) is 4.02. The Balaban J connectivity index is 2.27. The lowest BCUT2D eigenvalue weighted by Gasteiger charge is -2.26. The highest BCUT2D eigenvalue weighted by Crippen LogP contribution is 2.30. The van der Waals surface area contributed by atoms with Crippen molar-refractivity contribution in [3.63, 3.8) is 0 Å². The number of benzene rings is 1. The third kappa shape index (κ3) is 2.29. The van der Waals surface area contributed by atoms with Gasteiger partial charge < -0.3 is 14.4 Å². The molecule has 5 nitrogen and oxygen atoms in total. The summed E-state index contributed by atoms with van der Waals surface area (Å²) in [6.45, 7) is 1.49. The molecule has 6 heteroatoms. The van der Waals surface area contributed by atoms with E-state index in [2.05, 4.69) is 0 Å². The fraction of sp³-hybridized carbons (Fsp3) is 0.375. The smallest absolute Gasteiger partial charge is 0.343 e. The van der Waals surface area contributed by atoms with Gasteiger partial charge in [0.15, 0.2) is 0 Å². The van der Waals surface area contributed by atoms with Crippen molar-refractivity contribution < 1.29 is 19.0 Å². The van der Waals surface area contributed by atoms with Crippen molar-refractivity contribution in [3.05, 3.63) is 45.5 Å². The molecule has 116 valence electrons. The minimum absolute atomic E-state index is 0.102. The molecular weight excluding hydrogens is 289 g/mol. The fourth-order valence-electron chi connectivity index (χ4n) is 2.94. The van der Waals surface area contributed by atoms with Crippen LogP contribution in [-0.2, 0) is 11.2 Å². The van der Waals surface area contributed by atoms with Crippen LogP contribution in [0.1, 0.15) is 35.3 Å². The number of nitrogens with zero attached hydrogens (tertiary/aromatic N) is 1. The van der Waals surface area contributed by atoms with Crippen LogP contribution in [0.5, 0.6) is 0 Å². The molecule has 0 spiro atoms. The lowest BCUT2D eigenvalue weighted by molar-refractivity contribution is 0.0431. The van der Waals surface area contributed by atoms with Gasteiger partial charge in [0.25, 0.3) is 0 Å². The number of aliphatic hydroxyl groups is 1. The van der Waals surface area contributed by atoms with Crippen molar-refractivity contribution in [1.82, 2.24) is 4.57 Å². The van der Waals surface area contributed by atoms with E-state index in [1.54, 1.807) is 0 Å². The zero-order valence-electron chi connectivity index (χ0n) is 12.1. The molecule has 0 saturated carbocycles. The van der Waals surface area contributed by atoms with Crippen molar-refractivity contribution in [2.75, 3.05) is 13.2 Å². The molecule has 0 bridgehead atoms. The Morgan fingerprint density at radius 2 is 2.27 bits per heavy atom. The highest BCUT2D eigenvalue weighted by atomic mass is 19.1. The molecule has 3 rings (SSSR count). The van der Waals surface area contributed by atoms with E-state index < -0.39 is 17.2 Å². The predicted octanol–water partition coefficient (Wildman–Crippen LogP) is 1.80. The van der Waals surface area contributed by atoms with Crippen molar-refractivity contribution in [1.29, 1.82) is 0 Å². The van der Waals surface area contributed by atoms with E-state index in [1.807, 2.05) is 11.5 Å². The van der Waals surface area contributed by atoms with Crippen LogP contribution in [-0.4, -0.2) is 28.9 Å². The number of aliphatic hydroxyl groups excluding tert-OH is 1. The normalized spacial score (nSPS) is 16.8. The molecule has 0 radical (unpaired) electrons. The van der Waals surface area contributed by atoms with E-state index in [0.717, 1.165) is 12.0 Å². The van der Waals surface area contributed by atoms with E-state index in [0.29, 0.717) is 11.9 Å². The quantitative estimate of drug-likeness (QED) is 0.878. The first kappa shape index (κ1) is 14.7. The summed E-state index contributed by atoms with van der Waals surface area (Å²) in [6, 6.07) is 2.71. The van der Waals surface area contributed by atoms with Gasteiger partial charge in [0.2, 0.25) is 5.43 Å². The summed E-state index contributed by atoms with van der Waals surface area (Å²) in [5, 5.41) is 8.91. The van der Waals surface area contributed by atoms with E-state index >= 15 is 0 Å². The number of aromatic nitrogens is 1. The van der Waals surface area contributed by atoms with Gasteiger partial charge in [0, 0.05) is 17.6 Å². The summed E-state index contributed by atoms with van der Waals surface area (Å²) in [5.41, 5.74) is 0.791. The molecule has 1 atom stereocenters. The number of hydrogen-bond acceptors (Lipinski definition) is 4. The molecule has 22 heavy (non-hydrogen) atoms. The average molecular weight is 305 g/mol. The summed E-state index contributed by atoms with van der Waals surface area (Å²) >= 11 is 0. The largest absolute Gasteiger partial charge is 0.460 e. The van der Waals surface area contributed by atoms with Gasteiger partial charge in [-0.25, -0.2) is 9.18 Å². The van der Waals surface area contributed by atoms with Crippen molar-refractivity contribution >= 4 is 16.9 Å². The maximum atomic E-state index is 13.8. The Hall–Kier alpha value is -2.21. The first-order valence-electron chi connectivity index (χ1n) is 7.18. The molecule has 1 aliphatic heterocycles. The van der Waals surface area contributed by atoms with Crippen LogP contribution in [0.15, 0.2) is 23.1 Å². The SMILES string of the molecule is CC1CCc2cc(F)cc3c(=O)c(C(=O)OCCO)cn1c23. The number of carbonyl (C=O) groups is 1. The Morgan fingerprint density at radius 1 is 1.50 bits per heavy atom. The second-order valence-corrected chi connectivity index (χ2v) is 5.49. The van der Waals surface area contributed by atoms with Gasteiger partial charge in [-0.05, 0) is 37.5 Å². The fourth-order valence-corrected chi connectivity index (χ4v) is 2.94. The zero-order chi connectivity index (χ0) is 15.9. The molecule has 1 N–H and O–H groups in total. The van der Waals surface area contributed by atoms with Crippen LogP contribution >= 0.6 is 0 Å². The topological polar surface area (TPSA) is 68.5 Å². The average Bonchev–Trinajstić information content (AvgIpc) is 2.50. The van der Waals surface area contributed by atoms with Crippen molar-refractivity contribution in [3.8, 4) is 0 Å². The molecule has 0 fully saturated rings. The van der Waals surface area contributed by atoms with Crippen LogP contribution < -0.4 is 5.43 Å². The van der Waals surface area contributed by atoms with E-state index in [1.165, 1.54) is 18.3 Å². The highest BCUT2D eigenvalue weighted by molar-refractivity contribution is 5.94. The molecule has 2 heterocycles. The minimum atomic E-state index is -0.798. The number of aryl methyl sites for hydroxylation is 1. The Morgan fingerprint density at radius 3 is 3.00 bits per heavy atom. The molecule has 0 saturated heterocycles. The number of ether oxygens (including phenoxy) is 1. The lowest BCUT2D eigenvalue weighted by atomic mass is 9.96. The number of hydrogen-bond donors (Lipinski definition) is 1. The summed E-state index contributed by atoms with van der Waals surface area (Å²) < 4.78 is 20.4. The van der Waals surface area contributed by atoms with Gasteiger partial charge in [0.05, 0.1) is 12.1 Å². The number of carbonyl (C=O) groups excluding carboxylic acids is 1. The summed E-state index contributed by atoms with van der Waals surface area (Å²) in [7, 11) is 0. The molecule has 2 aromatic rings. The second-order valence-electron chi connectivity index (χ2n) is 5.49. The van der Waals surface area contributed by atoms with Crippen LogP contribution in [0.25, 0.3) is 10.9 Å². The monoisotopic (exact) mass is 305 g/mol. The molecular formula is C16H16FNO4. The number of esters is 1. The Kier molecular flexibility index (Phi) is 3.70. The molecule has 0 amide bonds. The van der Waals surface area contributed by atoms with Crippen molar-refractivity contribution in [2.24, 2.45) is 0 Å². The molecule has 1 unspecified atom stereocenters. The van der Waals surface area contributed by atoms with Crippen LogP contribution in [0.4, 0.5) is 4.39 Å². The lowest BCUT2D eigenvalue weighted by Crippen LogP contribution is -2.25. The molecule has 1 aromatic carbocycles. The molecule has 0 aliphatic carbocycles. The zero-order valence-corrected chi connectivity index (χ0v) is 12.1. The maximum Gasteiger partial charge on any atom is 0.343 e. The van der Waals surface area contributed by atoms with Gasteiger partial charge >= 0.3 is 5.97 Å². The minimum Gasteiger partial charge on any atom is -0.460 e. The van der Waals surface area contributed by atoms with Crippen LogP contribution in [0.3, 0.4) is 0 Å². The highest BCUT2D eigenvalue weighted by Gasteiger charge is 2.24. The molecule has 1 aliphatic rings. The summed E-state index contributed by atoms with van der Waals surface area (Å²) in [4.78, 5) is 24.5. The number of halogens is 1. The van der Waals surface area contributed by atoms with Gasteiger partial charge in [-0.15, -0.1) is 0 Å². The van der Waals surface area contributed by atoms with Gasteiger partial charge in [0.1, 0.15) is 18.0 Å². The number of rotatable bonds is 3. The summed E-state index contributed by atoms with van der Waals surface area (Å²) in [6.07, 6.45) is 2.98. The van der Waals surface area contributed by atoms with Crippen LogP contribution in [0.2, 0.25) is 0 Å². The first-order valence-corrected chi connectivity index (χ1v) is 7.18. The predicted molar refractivity (Wildman–Crippen MR) is 78.6 cm³/mol. The maximum absolute atomic E-state index is 13.8. The Bertz CT molecular complexity index is 812. The second kappa shape index (κ2) is 5.53. The first-order chi connectivity index (χ1) is 10.5. The van der Waals surface area contributed by atoms with E-state index in [-0.39, 0.29) is 30.2 Å².